The summed E-state index contributed by atoms with van der Waals surface area (Å²) in [4.78, 5) is 0. The van der Waals surface area contributed by atoms with Crippen LogP contribution in [0, 0.1) is 6.92 Å². The molecular weight excluding hydrogens is 254 g/mol. The molecule has 0 atom stereocenters. The maximum Gasteiger partial charge on any atom is 0.338 e. The number of ether oxygens (including phenoxy) is 1. The average molecular weight is 260 g/mol. The van der Waals surface area contributed by atoms with E-state index in [4.69, 9.17) is 51.1 Å². The van der Waals surface area contributed by atoms with Crippen molar-refractivity contribution in [3.05, 3.63) is 28.8 Å². The predicted molar refractivity (Wildman–Crippen MR) is 57.1 cm³/mol. The fourth-order valence-corrected chi connectivity index (χ4v) is 1.35. The van der Waals surface area contributed by atoms with E-state index in [1.807, 2.05) is 13.0 Å². The molecule has 0 aromatic heterocycles. The van der Waals surface area contributed by atoms with Crippen LogP contribution in [0.1, 0.15) is 5.56 Å². The Morgan fingerprint density at radius 3 is 2.31 bits per heavy atom. The van der Waals surface area contributed by atoms with Gasteiger partial charge in [-0.3, -0.25) is 0 Å². The highest BCUT2D eigenvalue weighted by atomic mass is 35.6. The Morgan fingerprint density at radius 1 is 1.23 bits per heavy atom. The fraction of sp³-hybridized carbons (Fsp3) is 0.250. The van der Waals surface area contributed by atoms with E-state index in [0.29, 0.717) is 10.8 Å². The van der Waals surface area contributed by atoms with Crippen LogP contribution < -0.4 is 4.74 Å². The summed E-state index contributed by atoms with van der Waals surface area (Å²) in [5.74, 6) is 0.393. The number of benzene rings is 1. The molecule has 13 heavy (non-hydrogen) atoms. The van der Waals surface area contributed by atoms with E-state index in [1.165, 1.54) is 0 Å². The highest BCUT2D eigenvalue weighted by Crippen LogP contribution is 2.36. The summed E-state index contributed by atoms with van der Waals surface area (Å²) in [5.41, 5.74) is 0.818. The molecule has 0 amide bonds. The molecule has 0 aliphatic heterocycles. The van der Waals surface area contributed by atoms with Gasteiger partial charge in [0.05, 0.1) is 5.02 Å². The zero-order valence-corrected chi connectivity index (χ0v) is 9.68. The summed E-state index contributed by atoms with van der Waals surface area (Å²) in [6.07, 6.45) is 0. The lowest BCUT2D eigenvalue weighted by molar-refractivity contribution is 0.318. The van der Waals surface area contributed by atoms with Crippen molar-refractivity contribution in [2.45, 2.75) is 10.9 Å². The summed E-state index contributed by atoms with van der Waals surface area (Å²) >= 11 is 22.2. The van der Waals surface area contributed by atoms with E-state index in [9.17, 15) is 0 Å². The molecule has 0 radical (unpaired) electrons. The number of hydrogen-bond donors (Lipinski definition) is 0. The minimum atomic E-state index is -1.78. The van der Waals surface area contributed by atoms with Gasteiger partial charge in [-0.25, -0.2) is 0 Å². The van der Waals surface area contributed by atoms with Gasteiger partial charge >= 0.3 is 3.98 Å². The molecule has 5 heteroatoms. The molecular formula is C8H6Cl4O. The van der Waals surface area contributed by atoms with Crippen LogP contribution in [0.3, 0.4) is 0 Å². The van der Waals surface area contributed by atoms with Gasteiger partial charge in [0.25, 0.3) is 0 Å². The first-order valence-electron chi connectivity index (χ1n) is 3.41. The molecule has 0 aliphatic rings. The van der Waals surface area contributed by atoms with Crippen molar-refractivity contribution in [1.29, 1.82) is 0 Å². The van der Waals surface area contributed by atoms with Crippen LogP contribution in [0.25, 0.3) is 0 Å². The maximum absolute atomic E-state index is 5.83. The molecule has 1 aromatic carbocycles. The van der Waals surface area contributed by atoms with E-state index in [2.05, 4.69) is 0 Å². The normalized spacial score (nSPS) is 11.5. The first-order chi connectivity index (χ1) is 5.90. The van der Waals surface area contributed by atoms with Crippen LogP contribution in [-0.2, 0) is 0 Å². The van der Waals surface area contributed by atoms with E-state index < -0.39 is 3.98 Å². The second-order valence-corrected chi connectivity index (χ2v) is 5.02. The molecule has 0 bridgehead atoms. The Balaban J connectivity index is 3.00. The molecule has 0 unspecified atom stereocenters. The van der Waals surface area contributed by atoms with Gasteiger partial charge in [0, 0.05) is 0 Å². The monoisotopic (exact) mass is 258 g/mol. The van der Waals surface area contributed by atoms with Gasteiger partial charge in [-0.2, -0.15) is 0 Å². The molecule has 1 aromatic rings. The number of rotatable bonds is 1. The van der Waals surface area contributed by atoms with Crippen molar-refractivity contribution in [2.24, 2.45) is 0 Å². The van der Waals surface area contributed by atoms with Gasteiger partial charge < -0.3 is 4.74 Å². The van der Waals surface area contributed by atoms with Crippen molar-refractivity contribution in [3.8, 4) is 5.75 Å². The van der Waals surface area contributed by atoms with Crippen LogP contribution in [0.15, 0.2) is 18.2 Å². The van der Waals surface area contributed by atoms with Crippen LogP contribution in [0.4, 0.5) is 0 Å². The molecule has 0 aliphatic carbocycles. The Bertz CT molecular complexity index is 285. The molecule has 0 spiro atoms. The Morgan fingerprint density at radius 2 is 1.85 bits per heavy atom. The lowest BCUT2D eigenvalue weighted by atomic mass is 10.2. The minimum absolute atomic E-state index is 0.393. The summed E-state index contributed by atoms with van der Waals surface area (Å²) in [6, 6.07) is 5.28. The summed E-state index contributed by atoms with van der Waals surface area (Å²) in [5, 5.41) is 0.423. The van der Waals surface area contributed by atoms with Crippen molar-refractivity contribution < 1.29 is 4.74 Å². The minimum Gasteiger partial charge on any atom is -0.444 e. The van der Waals surface area contributed by atoms with Gasteiger partial charge in [0.1, 0.15) is 5.75 Å². The SMILES string of the molecule is Cc1cccc(Cl)c1OC(Cl)(Cl)Cl. The third-order valence-corrected chi connectivity index (χ3v) is 1.91. The smallest absolute Gasteiger partial charge is 0.338 e. The van der Waals surface area contributed by atoms with Crippen molar-refractivity contribution >= 4 is 46.4 Å². The second kappa shape index (κ2) is 4.14. The zero-order valence-electron chi connectivity index (χ0n) is 6.65. The number of alkyl halides is 3. The molecule has 0 saturated heterocycles. The topological polar surface area (TPSA) is 9.23 Å². The third kappa shape index (κ3) is 3.43. The number of halogens is 4. The molecule has 0 fully saturated rings. The highest BCUT2D eigenvalue weighted by Gasteiger charge is 2.23. The summed E-state index contributed by atoms with van der Waals surface area (Å²) in [7, 11) is 0. The number of aryl methyl sites for hydroxylation is 1. The van der Waals surface area contributed by atoms with Crippen LogP contribution in [-0.4, -0.2) is 3.98 Å². The number of para-hydroxylation sites is 1. The van der Waals surface area contributed by atoms with Gasteiger partial charge in [0.2, 0.25) is 0 Å². The molecule has 72 valence electrons. The molecule has 0 saturated carbocycles. The largest absolute Gasteiger partial charge is 0.444 e. The maximum atomic E-state index is 5.83. The Hall–Kier alpha value is 0.180. The third-order valence-electron chi connectivity index (χ3n) is 1.38. The highest BCUT2D eigenvalue weighted by molar-refractivity contribution is 6.66. The quantitative estimate of drug-likeness (QED) is 0.682. The van der Waals surface area contributed by atoms with Crippen molar-refractivity contribution in [2.75, 3.05) is 0 Å². The summed E-state index contributed by atoms with van der Waals surface area (Å²) < 4.78 is 3.25. The van der Waals surface area contributed by atoms with Gasteiger partial charge in [-0.1, -0.05) is 23.7 Å². The standard InChI is InChI=1S/C8H6Cl4O/c1-5-3-2-4-6(9)7(5)13-8(10,11)12/h2-4H,1H3. The van der Waals surface area contributed by atoms with E-state index in [0.717, 1.165) is 5.56 Å². The van der Waals surface area contributed by atoms with E-state index >= 15 is 0 Å². The first-order valence-corrected chi connectivity index (χ1v) is 4.92. The van der Waals surface area contributed by atoms with Crippen molar-refractivity contribution in [1.82, 2.24) is 0 Å². The van der Waals surface area contributed by atoms with Crippen LogP contribution in [0.5, 0.6) is 5.75 Å². The van der Waals surface area contributed by atoms with Gasteiger partial charge in [0.15, 0.2) is 0 Å². The molecule has 1 nitrogen and oxygen atoms in total. The lowest BCUT2D eigenvalue weighted by Gasteiger charge is -2.16. The fourth-order valence-electron chi connectivity index (χ4n) is 0.862. The summed E-state index contributed by atoms with van der Waals surface area (Å²) in [6.45, 7) is 1.82. The molecule has 0 N–H and O–H groups in total. The first kappa shape index (κ1) is 11.3. The average Bonchev–Trinajstić information content (AvgIpc) is 1.95. The lowest BCUT2D eigenvalue weighted by Crippen LogP contribution is -2.13. The Labute approximate surface area is 96.5 Å². The van der Waals surface area contributed by atoms with Gasteiger partial charge in [-0.15, -0.1) is 0 Å². The van der Waals surface area contributed by atoms with Crippen LogP contribution >= 0.6 is 46.4 Å². The van der Waals surface area contributed by atoms with Crippen molar-refractivity contribution in [3.63, 3.8) is 0 Å². The van der Waals surface area contributed by atoms with Gasteiger partial charge in [-0.05, 0) is 53.4 Å². The van der Waals surface area contributed by atoms with E-state index in [1.54, 1.807) is 12.1 Å². The van der Waals surface area contributed by atoms with Crippen LogP contribution in [0.2, 0.25) is 5.02 Å². The number of hydrogen-bond acceptors (Lipinski definition) is 1. The molecule has 1 rings (SSSR count). The molecule has 0 heterocycles. The second-order valence-electron chi connectivity index (χ2n) is 2.43. The predicted octanol–water partition coefficient (Wildman–Crippen LogP) is 4.35. The van der Waals surface area contributed by atoms with E-state index in [-0.39, 0.29) is 0 Å². The zero-order chi connectivity index (χ0) is 10.1. The Kier molecular flexibility index (Phi) is 3.58.